The van der Waals surface area contributed by atoms with Crippen LogP contribution in [0.4, 0.5) is 0 Å². The van der Waals surface area contributed by atoms with E-state index in [2.05, 4.69) is 37.3 Å². The lowest BCUT2D eigenvalue weighted by Crippen LogP contribution is -2.00. The average molecular weight is 212 g/mol. The predicted molar refractivity (Wildman–Crippen MR) is 67.7 cm³/mol. The Hall–Kier alpha value is -1.63. The van der Waals surface area contributed by atoms with Crippen molar-refractivity contribution in [3.8, 4) is 0 Å². The molecule has 1 nitrogen and oxygen atoms in total. The summed E-state index contributed by atoms with van der Waals surface area (Å²) in [5, 5.41) is 2.50. The van der Waals surface area contributed by atoms with Gasteiger partial charge < -0.3 is 4.79 Å². The van der Waals surface area contributed by atoms with Gasteiger partial charge in [0.1, 0.15) is 5.78 Å². The molecule has 2 aromatic carbocycles. The number of hydrogen-bond acceptors (Lipinski definition) is 1. The summed E-state index contributed by atoms with van der Waals surface area (Å²) < 4.78 is 0. The molecular weight excluding hydrogens is 196 g/mol. The Labute approximate surface area is 96.1 Å². The van der Waals surface area contributed by atoms with Crippen molar-refractivity contribution in [3.63, 3.8) is 0 Å². The molecule has 82 valence electrons. The minimum Gasteiger partial charge on any atom is -0.300 e. The van der Waals surface area contributed by atoms with E-state index in [1.165, 1.54) is 16.3 Å². The first-order valence-corrected chi connectivity index (χ1v) is 5.65. The molecule has 0 fully saturated rings. The number of carbonyl (C=O) groups is 1. The van der Waals surface area contributed by atoms with E-state index in [0.29, 0.717) is 12.3 Å². The van der Waals surface area contributed by atoms with Gasteiger partial charge in [0.25, 0.3) is 0 Å². The second-order valence-corrected chi connectivity index (χ2v) is 4.41. The molecule has 0 saturated carbocycles. The van der Waals surface area contributed by atoms with Gasteiger partial charge in [-0.2, -0.15) is 0 Å². The normalized spacial score (nSPS) is 12.6. The molecule has 0 amide bonds. The van der Waals surface area contributed by atoms with Crippen molar-refractivity contribution in [3.05, 3.63) is 48.0 Å². The highest BCUT2D eigenvalue weighted by molar-refractivity contribution is 5.83. The Kier molecular flexibility index (Phi) is 3.04. The standard InChI is InChI=1S/C15H16O/c1-11(9-12(2)16)14-8-7-13-5-3-4-6-15(13)10-14/h3-8,10-11H,9H2,1-2H3/t11-/m1/s1. The van der Waals surface area contributed by atoms with E-state index in [1.54, 1.807) is 6.92 Å². The molecule has 2 aromatic rings. The molecule has 0 spiro atoms. The van der Waals surface area contributed by atoms with Gasteiger partial charge in [-0.3, -0.25) is 0 Å². The number of benzene rings is 2. The van der Waals surface area contributed by atoms with Crippen molar-refractivity contribution in [1.29, 1.82) is 0 Å². The van der Waals surface area contributed by atoms with Crippen LogP contribution in [0.2, 0.25) is 0 Å². The van der Waals surface area contributed by atoms with Crippen LogP contribution in [0.25, 0.3) is 10.8 Å². The lowest BCUT2D eigenvalue weighted by molar-refractivity contribution is -0.117. The highest BCUT2D eigenvalue weighted by Gasteiger charge is 2.08. The first-order valence-electron chi connectivity index (χ1n) is 5.65. The molecule has 0 bridgehead atoms. The van der Waals surface area contributed by atoms with Crippen molar-refractivity contribution in [2.45, 2.75) is 26.2 Å². The van der Waals surface area contributed by atoms with Crippen molar-refractivity contribution < 1.29 is 4.79 Å². The van der Waals surface area contributed by atoms with Gasteiger partial charge in [-0.25, -0.2) is 0 Å². The summed E-state index contributed by atoms with van der Waals surface area (Å²) in [4.78, 5) is 11.1. The molecule has 0 aliphatic carbocycles. The van der Waals surface area contributed by atoms with Crippen LogP contribution in [-0.2, 0) is 4.79 Å². The number of fused-ring (bicyclic) bond motifs is 1. The number of carbonyl (C=O) groups excluding carboxylic acids is 1. The largest absolute Gasteiger partial charge is 0.300 e. The van der Waals surface area contributed by atoms with Crippen molar-refractivity contribution >= 4 is 16.6 Å². The fraction of sp³-hybridized carbons (Fsp3) is 0.267. The van der Waals surface area contributed by atoms with Gasteiger partial charge in [0, 0.05) is 6.42 Å². The smallest absolute Gasteiger partial charge is 0.130 e. The van der Waals surface area contributed by atoms with Crippen LogP contribution >= 0.6 is 0 Å². The minimum atomic E-state index is 0.251. The molecule has 0 heterocycles. The van der Waals surface area contributed by atoms with Gasteiger partial charge >= 0.3 is 0 Å². The minimum absolute atomic E-state index is 0.251. The predicted octanol–water partition coefficient (Wildman–Crippen LogP) is 3.92. The Morgan fingerprint density at radius 3 is 2.50 bits per heavy atom. The summed E-state index contributed by atoms with van der Waals surface area (Å²) in [6, 6.07) is 14.7. The summed E-state index contributed by atoms with van der Waals surface area (Å²) in [7, 11) is 0. The molecule has 1 heteroatoms. The number of ketones is 1. The first kappa shape index (κ1) is 10.9. The van der Waals surface area contributed by atoms with Crippen LogP contribution < -0.4 is 0 Å². The summed E-state index contributed by atoms with van der Waals surface area (Å²) >= 11 is 0. The molecule has 0 radical (unpaired) electrons. The van der Waals surface area contributed by atoms with Crippen molar-refractivity contribution in [2.75, 3.05) is 0 Å². The Morgan fingerprint density at radius 1 is 1.12 bits per heavy atom. The monoisotopic (exact) mass is 212 g/mol. The van der Waals surface area contributed by atoms with E-state index in [0.717, 1.165) is 0 Å². The molecule has 0 saturated heterocycles. The quantitative estimate of drug-likeness (QED) is 0.753. The molecule has 1 atom stereocenters. The van der Waals surface area contributed by atoms with Gasteiger partial charge in [-0.15, -0.1) is 0 Å². The highest BCUT2D eigenvalue weighted by atomic mass is 16.1. The van der Waals surface area contributed by atoms with E-state index in [-0.39, 0.29) is 5.78 Å². The second-order valence-electron chi connectivity index (χ2n) is 4.41. The molecule has 16 heavy (non-hydrogen) atoms. The third-order valence-electron chi connectivity index (χ3n) is 2.94. The third kappa shape index (κ3) is 2.30. The van der Waals surface area contributed by atoms with Gasteiger partial charge in [-0.05, 0) is 29.2 Å². The summed E-state index contributed by atoms with van der Waals surface area (Å²) in [5.41, 5.74) is 1.24. The topological polar surface area (TPSA) is 17.1 Å². The van der Waals surface area contributed by atoms with Crippen LogP contribution in [0.15, 0.2) is 42.5 Å². The highest BCUT2D eigenvalue weighted by Crippen LogP contribution is 2.23. The molecule has 0 N–H and O–H groups in total. The fourth-order valence-electron chi connectivity index (χ4n) is 2.06. The summed E-state index contributed by atoms with van der Waals surface area (Å²) in [6.07, 6.45) is 0.623. The lowest BCUT2D eigenvalue weighted by atomic mass is 9.94. The molecule has 0 aromatic heterocycles. The number of rotatable bonds is 3. The zero-order chi connectivity index (χ0) is 11.5. The Bertz CT molecular complexity index is 514. The molecule has 0 aliphatic heterocycles. The van der Waals surface area contributed by atoms with Gasteiger partial charge in [0.2, 0.25) is 0 Å². The SMILES string of the molecule is CC(=O)C[C@@H](C)c1ccc2ccccc2c1. The maximum Gasteiger partial charge on any atom is 0.130 e. The number of Topliss-reactive ketones (excluding diaryl/α,β-unsaturated/α-hetero) is 1. The second kappa shape index (κ2) is 4.48. The van der Waals surface area contributed by atoms with Crippen LogP contribution in [0.5, 0.6) is 0 Å². The Balaban J connectivity index is 2.35. The van der Waals surface area contributed by atoms with E-state index < -0.39 is 0 Å². The number of hydrogen-bond donors (Lipinski definition) is 0. The fourth-order valence-corrected chi connectivity index (χ4v) is 2.06. The summed E-state index contributed by atoms with van der Waals surface area (Å²) in [6.45, 7) is 3.75. The van der Waals surface area contributed by atoms with E-state index in [1.807, 2.05) is 12.1 Å². The van der Waals surface area contributed by atoms with Gasteiger partial charge in [0.05, 0.1) is 0 Å². The van der Waals surface area contributed by atoms with E-state index in [4.69, 9.17) is 0 Å². The average Bonchev–Trinajstić information content (AvgIpc) is 2.27. The molecule has 0 unspecified atom stereocenters. The molecular formula is C15H16O. The molecule has 2 rings (SSSR count). The summed E-state index contributed by atoms with van der Waals surface area (Å²) in [5.74, 6) is 0.558. The van der Waals surface area contributed by atoms with Gasteiger partial charge in [0.15, 0.2) is 0 Å². The van der Waals surface area contributed by atoms with Crippen molar-refractivity contribution in [1.82, 2.24) is 0 Å². The maximum absolute atomic E-state index is 11.1. The van der Waals surface area contributed by atoms with Crippen LogP contribution in [0.3, 0.4) is 0 Å². The van der Waals surface area contributed by atoms with Crippen LogP contribution in [0, 0.1) is 0 Å². The van der Waals surface area contributed by atoms with Crippen molar-refractivity contribution in [2.24, 2.45) is 0 Å². The lowest BCUT2D eigenvalue weighted by Gasteiger charge is -2.10. The van der Waals surface area contributed by atoms with E-state index >= 15 is 0 Å². The van der Waals surface area contributed by atoms with Gasteiger partial charge in [-0.1, -0.05) is 49.4 Å². The van der Waals surface area contributed by atoms with Crippen LogP contribution in [0.1, 0.15) is 31.7 Å². The third-order valence-corrected chi connectivity index (χ3v) is 2.94. The first-order chi connectivity index (χ1) is 7.66. The molecule has 0 aliphatic rings. The maximum atomic E-state index is 11.1. The Morgan fingerprint density at radius 2 is 1.81 bits per heavy atom. The zero-order valence-corrected chi connectivity index (χ0v) is 9.73. The zero-order valence-electron chi connectivity index (χ0n) is 9.73. The van der Waals surface area contributed by atoms with Crippen LogP contribution in [-0.4, -0.2) is 5.78 Å². The van der Waals surface area contributed by atoms with E-state index in [9.17, 15) is 4.79 Å².